The molecule has 2 atom stereocenters. The highest BCUT2D eigenvalue weighted by Gasteiger charge is 2.28. The van der Waals surface area contributed by atoms with Crippen molar-refractivity contribution < 1.29 is 4.79 Å². The van der Waals surface area contributed by atoms with E-state index in [0.29, 0.717) is 6.04 Å². The van der Waals surface area contributed by atoms with E-state index in [1.54, 1.807) is 0 Å². The smallest absolute Gasteiger partial charge is 0.223 e. The molecule has 23 heavy (non-hydrogen) atoms. The van der Waals surface area contributed by atoms with Crippen molar-refractivity contribution in [3.8, 4) is 0 Å². The van der Waals surface area contributed by atoms with E-state index in [0.717, 1.165) is 63.9 Å². The van der Waals surface area contributed by atoms with Crippen molar-refractivity contribution in [2.24, 2.45) is 11.7 Å². The van der Waals surface area contributed by atoms with Crippen LogP contribution < -0.4 is 11.1 Å². The summed E-state index contributed by atoms with van der Waals surface area (Å²) in [5.41, 5.74) is 7.11. The molecule has 2 unspecified atom stereocenters. The van der Waals surface area contributed by atoms with E-state index in [1.165, 1.54) is 0 Å². The number of rotatable bonds is 4. The van der Waals surface area contributed by atoms with E-state index in [-0.39, 0.29) is 17.9 Å². The number of hydrogen-bond acceptors (Lipinski definition) is 4. The van der Waals surface area contributed by atoms with Crippen molar-refractivity contribution in [3.05, 3.63) is 30.1 Å². The molecular formula is C18H28N4O. The number of nitrogens with two attached hydrogens (primary N) is 1. The van der Waals surface area contributed by atoms with Gasteiger partial charge in [-0.15, -0.1) is 0 Å². The van der Waals surface area contributed by atoms with Crippen LogP contribution in [0.1, 0.15) is 44.2 Å². The van der Waals surface area contributed by atoms with Crippen LogP contribution in [0, 0.1) is 5.92 Å². The van der Waals surface area contributed by atoms with Gasteiger partial charge < -0.3 is 11.1 Å². The first kappa shape index (κ1) is 16.4. The SMILES string of the molecule is NC1CCCC(C(=O)NC2CCN(Cc3ccccn3)CC2)C1. The van der Waals surface area contributed by atoms with Crippen LogP contribution >= 0.6 is 0 Å². The summed E-state index contributed by atoms with van der Waals surface area (Å²) in [7, 11) is 0. The Labute approximate surface area is 138 Å². The molecule has 0 spiro atoms. The van der Waals surface area contributed by atoms with Crippen molar-refractivity contribution in [2.75, 3.05) is 13.1 Å². The maximum Gasteiger partial charge on any atom is 0.223 e. The van der Waals surface area contributed by atoms with E-state index in [4.69, 9.17) is 5.73 Å². The number of carbonyl (C=O) groups excluding carboxylic acids is 1. The molecule has 0 aromatic carbocycles. The molecule has 1 saturated heterocycles. The fraction of sp³-hybridized carbons (Fsp3) is 0.667. The second-order valence-electron chi connectivity index (χ2n) is 7.00. The summed E-state index contributed by atoms with van der Waals surface area (Å²) in [6, 6.07) is 6.58. The van der Waals surface area contributed by atoms with Crippen molar-refractivity contribution in [3.63, 3.8) is 0 Å². The highest BCUT2D eigenvalue weighted by molar-refractivity contribution is 5.79. The number of carbonyl (C=O) groups is 1. The predicted molar refractivity (Wildman–Crippen MR) is 90.6 cm³/mol. The van der Waals surface area contributed by atoms with Gasteiger partial charge in [-0.25, -0.2) is 0 Å². The fourth-order valence-electron chi connectivity index (χ4n) is 3.74. The predicted octanol–water partition coefficient (Wildman–Crippen LogP) is 1.68. The Morgan fingerprint density at radius 2 is 2.09 bits per heavy atom. The first-order valence-corrected chi connectivity index (χ1v) is 8.89. The lowest BCUT2D eigenvalue weighted by molar-refractivity contribution is -0.127. The van der Waals surface area contributed by atoms with E-state index in [9.17, 15) is 4.79 Å². The summed E-state index contributed by atoms with van der Waals surface area (Å²) in [6.45, 7) is 2.94. The zero-order valence-electron chi connectivity index (χ0n) is 13.8. The van der Waals surface area contributed by atoms with Gasteiger partial charge in [0.15, 0.2) is 0 Å². The van der Waals surface area contributed by atoms with Crippen LogP contribution in [0.3, 0.4) is 0 Å². The monoisotopic (exact) mass is 316 g/mol. The molecule has 126 valence electrons. The first-order valence-electron chi connectivity index (χ1n) is 8.89. The Morgan fingerprint density at radius 3 is 2.78 bits per heavy atom. The van der Waals surface area contributed by atoms with Gasteiger partial charge >= 0.3 is 0 Å². The van der Waals surface area contributed by atoms with Gasteiger partial charge in [0.1, 0.15) is 0 Å². The molecule has 1 amide bonds. The standard InChI is InChI=1S/C18H28N4O/c19-15-5-3-4-14(12-15)18(23)21-16-7-10-22(11-8-16)13-17-6-1-2-9-20-17/h1-2,6,9,14-16H,3-5,7-8,10-13,19H2,(H,21,23). The van der Waals surface area contributed by atoms with Gasteiger partial charge in [-0.3, -0.25) is 14.7 Å². The highest BCUT2D eigenvalue weighted by Crippen LogP contribution is 2.24. The summed E-state index contributed by atoms with van der Waals surface area (Å²) in [5, 5.41) is 3.26. The second-order valence-corrected chi connectivity index (χ2v) is 7.00. The lowest BCUT2D eigenvalue weighted by Gasteiger charge is -2.33. The maximum atomic E-state index is 12.4. The summed E-state index contributed by atoms with van der Waals surface area (Å²) in [5.74, 6) is 0.355. The van der Waals surface area contributed by atoms with E-state index in [2.05, 4.69) is 21.3 Å². The lowest BCUT2D eigenvalue weighted by Crippen LogP contribution is -2.47. The molecule has 1 aliphatic heterocycles. The van der Waals surface area contributed by atoms with E-state index >= 15 is 0 Å². The molecule has 1 saturated carbocycles. The minimum atomic E-state index is 0.130. The van der Waals surface area contributed by atoms with Gasteiger partial charge in [-0.1, -0.05) is 12.5 Å². The van der Waals surface area contributed by atoms with Crippen molar-refractivity contribution >= 4 is 5.91 Å². The lowest BCUT2D eigenvalue weighted by atomic mass is 9.85. The molecule has 5 heteroatoms. The molecule has 2 fully saturated rings. The number of amides is 1. The molecule has 1 aliphatic carbocycles. The summed E-state index contributed by atoms with van der Waals surface area (Å²) in [6.07, 6.45) is 7.89. The third-order valence-corrected chi connectivity index (χ3v) is 5.13. The van der Waals surface area contributed by atoms with Gasteiger partial charge in [0.25, 0.3) is 0 Å². The number of likely N-dealkylation sites (tertiary alicyclic amines) is 1. The number of nitrogens with zero attached hydrogens (tertiary/aromatic N) is 2. The van der Waals surface area contributed by atoms with Crippen molar-refractivity contribution in [2.45, 2.75) is 57.2 Å². The zero-order valence-corrected chi connectivity index (χ0v) is 13.8. The summed E-state index contributed by atoms with van der Waals surface area (Å²) < 4.78 is 0. The van der Waals surface area contributed by atoms with Crippen LogP contribution in [0.25, 0.3) is 0 Å². The topological polar surface area (TPSA) is 71.2 Å². The third-order valence-electron chi connectivity index (χ3n) is 5.13. The minimum absolute atomic E-state index is 0.130. The molecule has 0 radical (unpaired) electrons. The molecule has 5 nitrogen and oxygen atoms in total. The molecule has 2 heterocycles. The molecule has 1 aromatic rings. The van der Waals surface area contributed by atoms with Crippen molar-refractivity contribution in [1.82, 2.24) is 15.2 Å². The Kier molecular flexibility index (Phi) is 5.62. The van der Waals surface area contributed by atoms with Gasteiger partial charge in [-0.05, 0) is 44.2 Å². The second kappa shape index (κ2) is 7.88. The molecule has 1 aromatic heterocycles. The quantitative estimate of drug-likeness (QED) is 0.886. The van der Waals surface area contributed by atoms with Gasteiger partial charge in [-0.2, -0.15) is 0 Å². The Morgan fingerprint density at radius 1 is 1.26 bits per heavy atom. The van der Waals surface area contributed by atoms with Crippen LogP contribution in [-0.4, -0.2) is 41.0 Å². The largest absolute Gasteiger partial charge is 0.353 e. The van der Waals surface area contributed by atoms with E-state index in [1.807, 2.05) is 18.3 Å². The van der Waals surface area contributed by atoms with Gasteiger partial charge in [0.2, 0.25) is 5.91 Å². The molecule has 2 aliphatic rings. The van der Waals surface area contributed by atoms with E-state index < -0.39 is 0 Å². The van der Waals surface area contributed by atoms with Gasteiger partial charge in [0, 0.05) is 43.8 Å². The average Bonchev–Trinajstić information content (AvgIpc) is 2.57. The first-order chi connectivity index (χ1) is 11.2. The number of piperidine rings is 1. The van der Waals surface area contributed by atoms with Crippen LogP contribution in [0.5, 0.6) is 0 Å². The maximum absolute atomic E-state index is 12.4. The minimum Gasteiger partial charge on any atom is -0.353 e. The number of nitrogens with one attached hydrogen (secondary N) is 1. The molecule has 3 N–H and O–H groups in total. The fourth-order valence-corrected chi connectivity index (χ4v) is 3.74. The van der Waals surface area contributed by atoms with Crippen LogP contribution in [-0.2, 0) is 11.3 Å². The Balaban J connectivity index is 1.41. The molecular weight excluding hydrogens is 288 g/mol. The third kappa shape index (κ3) is 4.75. The average molecular weight is 316 g/mol. The zero-order chi connectivity index (χ0) is 16.1. The number of hydrogen-bond donors (Lipinski definition) is 2. The van der Waals surface area contributed by atoms with Crippen LogP contribution in [0.2, 0.25) is 0 Å². The molecule has 3 rings (SSSR count). The summed E-state index contributed by atoms with van der Waals surface area (Å²) in [4.78, 5) is 19.2. The number of pyridine rings is 1. The van der Waals surface area contributed by atoms with Crippen LogP contribution in [0.4, 0.5) is 0 Å². The number of aromatic nitrogens is 1. The molecule has 0 bridgehead atoms. The Hall–Kier alpha value is -1.46. The highest BCUT2D eigenvalue weighted by atomic mass is 16.1. The normalized spacial score (nSPS) is 26.8. The van der Waals surface area contributed by atoms with Gasteiger partial charge in [0.05, 0.1) is 5.69 Å². The summed E-state index contributed by atoms with van der Waals surface area (Å²) >= 11 is 0. The van der Waals surface area contributed by atoms with Crippen LogP contribution in [0.15, 0.2) is 24.4 Å². The Bertz CT molecular complexity index is 499. The van der Waals surface area contributed by atoms with Crippen molar-refractivity contribution in [1.29, 1.82) is 0 Å².